The van der Waals surface area contributed by atoms with E-state index < -0.39 is 6.09 Å². The molecule has 112 valence electrons. The number of ether oxygens (including phenoxy) is 1. The van der Waals surface area contributed by atoms with Gasteiger partial charge in [-0.25, -0.2) is 4.79 Å². The van der Waals surface area contributed by atoms with E-state index in [0.717, 1.165) is 11.1 Å². The first-order valence-corrected chi connectivity index (χ1v) is 7.38. The van der Waals surface area contributed by atoms with Gasteiger partial charge in [-0.2, -0.15) is 0 Å². The van der Waals surface area contributed by atoms with Gasteiger partial charge in [0.1, 0.15) is 0 Å². The van der Waals surface area contributed by atoms with Crippen LogP contribution in [0.3, 0.4) is 0 Å². The fourth-order valence-electron chi connectivity index (χ4n) is 2.44. The van der Waals surface area contributed by atoms with Crippen molar-refractivity contribution in [1.29, 1.82) is 0 Å². The molecule has 22 heavy (non-hydrogen) atoms. The van der Waals surface area contributed by atoms with Gasteiger partial charge in [0, 0.05) is 16.1 Å². The van der Waals surface area contributed by atoms with Crippen LogP contribution in [0.5, 0.6) is 0 Å². The van der Waals surface area contributed by atoms with Crippen LogP contribution in [0.1, 0.15) is 22.8 Å². The molecule has 1 aliphatic carbocycles. The lowest BCUT2D eigenvalue weighted by molar-refractivity contribution is 0.104. The summed E-state index contributed by atoms with van der Waals surface area (Å²) in [6, 6.07) is 8.37. The van der Waals surface area contributed by atoms with E-state index in [-0.39, 0.29) is 12.4 Å². The quantitative estimate of drug-likeness (QED) is 0.733. The van der Waals surface area contributed by atoms with Crippen molar-refractivity contribution in [3.8, 4) is 11.1 Å². The van der Waals surface area contributed by atoms with Crippen LogP contribution in [-0.2, 0) is 4.74 Å². The van der Waals surface area contributed by atoms with Crippen molar-refractivity contribution in [3.05, 3.63) is 51.5 Å². The number of fused-ring (bicyclic) bond motifs is 3. The van der Waals surface area contributed by atoms with Gasteiger partial charge in [-0.15, -0.1) is 0 Å². The third-order valence-electron chi connectivity index (χ3n) is 3.38. The molecular formula is C16H11Cl2NO3. The molecule has 0 saturated carbocycles. The summed E-state index contributed by atoms with van der Waals surface area (Å²) in [4.78, 5) is 24.0. The van der Waals surface area contributed by atoms with E-state index in [2.05, 4.69) is 5.32 Å². The van der Waals surface area contributed by atoms with Crippen molar-refractivity contribution in [2.75, 3.05) is 11.9 Å². The number of rotatable bonds is 2. The molecule has 6 heteroatoms. The molecule has 0 radical (unpaired) electrons. The van der Waals surface area contributed by atoms with Gasteiger partial charge < -0.3 is 4.74 Å². The highest BCUT2D eigenvalue weighted by molar-refractivity contribution is 6.35. The van der Waals surface area contributed by atoms with Gasteiger partial charge in [0.15, 0.2) is 5.78 Å². The van der Waals surface area contributed by atoms with E-state index in [4.69, 9.17) is 27.9 Å². The lowest BCUT2D eigenvalue weighted by Crippen LogP contribution is -2.14. The van der Waals surface area contributed by atoms with Crippen molar-refractivity contribution in [3.63, 3.8) is 0 Å². The van der Waals surface area contributed by atoms with E-state index in [9.17, 15) is 9.59 Å². The molecule has 4 nitrogen and oxygen atoms in total. The summed E-state index contributed by atoms with van der Waals surface area (Å²) in [5, 5.41) is 3.36. The molecule has 1 aliphatic rings. The Kier molecular flexibility index (Phi) is 3.81. The normalized spacial score (nSPS) is 11.9. The Hall–Kier alpha value is -2.04. The smallest absolute Gasteiger partial charge is 0.411 e. The number of nitrogens with one attached hydrogen (secondary N) is 1. The minimum atomic E-state index is -0.615. The predicted octanol–water partition coefficient (Wildman–Crippen LogP) is 4.77. The number of ketones is 1. The molecule has 2 aromatic rings. The van der Waals surface area contributed by atoms with Gasteiger partial charge in [0.25, 0.3) is 0 Å². The Morgan fingerprint density at radius 2 is 1.82 bits per heavy atom. The minimum absolute atomic E-state index is 0.143. The topological polar surface area (TPSA) is 55.4 Å². The van der Waals surface area contributed by atoms with Gasteiger partial charge in [-0.05, 0) is 42.3 Å². The second-order valence-corrected chi connectivity index (χ2v) is 5.59. The van der Waals surface area contributed by atoms with E-state index in [0.29, 0.717) is 26.9 Å². The average molecular weight is 336 g/mol. The number of hydrogen-bond acceptors (Lipinski definition) is 3. The maximum atomic E-state index is 12.5. The summed E-state index contributed by atoms with van der Waals surface area (Å²) in [6.45, 7) is 1.95. The van der Waals surface area contributed by atoms with Gasteiger partial charge in [-0.1, -0.05) is 29.3 Å². The summed E-state index contributed by atoms with van der Waals surface area (Å²) in [5.74, 6) is -0.143. The Morgan fingerprint density at radius 3 is 2.55 bits per heavy atom. The number of carbonyl (C=O) groups is 2. The molecule has 2 aromatic carbocycles. The highest BCUT2D eigenvalue weighted by atomic mass is 35.5. The van der Waals surface area contributed by atoms with E-state index >= 15 is 0 Å². The zero-order valence-electron chi connectivity index (χ0n) is 11.6. The lowest BCUT2D eigenvalue weighted by atomic mass is 10.1. The van der Waals surface area contributed by atoms with Crippen LogP contribution in [0.4, 0.5) is 10.5 Å². The first kappa shape index (κ1) is 14.9. The number of halogens is 2. The molecule has 0 spiro atoms. The zero-order valence-corrected chi connectivity index (χ0v) is 13.1. The van der Waals surface area contributed by atoms with Crippen LogP contribution in [0.25, 0.3) is 11.1 Å². The second kappa shape index (κ2) is 5.63. The molecule has 0 fully saturated rings. The van der Waals surface area contributed by atoms with Crippen LogP contribution in [-0.4, -0.2) is 18.5 Å². The molecule has 0 bridgehead atoms. The monoisotopic (exact) mass is 335 g/mol. The average Bonchev–Trinajstić information content (AvgIpc) is 2.72. The lowest BCUT2D eigenvalue weighted by Gasteiger charge is -2.09. The van der Waals surface area contributed by atoms with Crippen LogP contribution >= 0.6 is 23.2 Å². The molecule has 0 unspecified atom stereocenters. The summed E-state index contributed by atoms with van der Waals surface area (Å²) in [7, 11) is 0. The Bertz CT molecular complexity index is 802. The molecule has 0 aliphatic heterocycles. The number of carbonyl (C=O) groups excluding carboxylic acids is 2. The van der Waals surface area contributed by atoms with Crippen molar-refractivity contribution < 1.29 is 14.3 Å². The third-order valence-corrected chi connectivity index (χ3v) is 3.93. The summed E-state index contributed by atoms with van der Waals surface area (Å²) >= 11 is 12.1. The Labute approximate surface area is 137 Å². The maximum Gasteiger partial charge on any atom is 0.411 e. The van der Waals surface area contributed by atoms with E-state index in [1.54, 1.807) is 37.3 Å². The summed E-state index contributed by atoms with van der Waals surface area (Å²) in [5.41, 5.74) is 2.87. The van der Waals surface area contributed by atoms with Gasteiger partial charge >= 0.3 is 6.09 Å². The Balaban J connectivity index is 2.05. The third kappa shape index (κ3) is 2.45. The van der Waals surface area contributed by atoms with Gasteiger partial charge in [0.2, 0.25) is 0 Å². The van der Waals surface area contributed by atoms with Crippen LogP contribution in [0.15, 0.2) is 30.3 Å². The maximum absolute atomic E-state index is 12.5. The first-order chi connectivity index (χ1) is 10.5. The van der Waals surface area contributed by atoms with Crippen molar-refractivity contribution >= 4 is 40.8 Å². The summed E-state index contributed by atoms with van der Waals surface area (Å²) < 4.78 is 4.81. The van der Waals surface area contributed by atoms with E-state index in [1.807, 2.05) is 0 Å². The molecule has 0 saturated heterocycles. The largest absolute Gasteiger partial charge is 0.450 e. The number of amides is 1. The second-order valence-electron chi connectivity index (χ2n) is 4.74. The molecule has 0 atom stereocenters. The fourth-order valence-corrected chi connectivity index (χ4v) is 2.82. The highest BCUT2D eigenvalue weighted by Crippen LogP contribution is 2.41. The standard InChI is InChI=1S/C16H11Cl2NO3/c1-2-22-16(21)19-14-7-12-10(6-13(14)18)9-4-3-8(17)5-11(9)15(12)20/h3-7H,2H2,1H3,(H,19,21). The highest BCUT2D eigenvalue weighted by Gasteiger charge is 2.28. The minimum Gasteiger partial charge on any atom is -0.450 e. The van der Waals surface area contributed by atoms with Gasteiger partial charge in [0.05, 0.1) is 17.3 Å². The Morgan fingerprint density at radius 1 is 1.09 bits per heavy atom. The number of benzene rings is 2. The zero-order chi connectivity index (χ0) is 15.9. The number of anilines is 1. The van der Waals surface area contributed by atoms with Crippen molar-refractivity contribution in [2.45, 2.75) is 6.92 Å². The molecule has 1 N–H and O–H groups in total. The van der Waals surface area contributed by atoms with Crippen LogP contribution in [0.2, 0.25) is 10.0 Å². The molecule has 3 rings (SSSR count). The van der Waals surface area contributed by atoms with Crippen LogP contribution in [0, 0.1) is 0 Å². The molecule has 0 aromatic heterocycles. The van der Waals surface area contributed by atoms with E-state index in [1.165, 1.54) is 0 Å². The fraction of sp³-hybridized carbons (Fsp3) is 0.125. The molecule has 0 heterocycles. The van der Waals surface area contributed by atoms with Crippen molar-refractivity contribution in [1.82, 2.24) is 0 Å². The summed E-state index contributed by atoms with van der Waals surface area (Å²) in [6.07, 6.45) is -0.615. The predicted molar refractivity (Wildman–Crippen MR) is 86.0 cm³/mol. The number of hydrogen-bond donors (Lipinski definition) is 1. The molecular weight excluding hydrogens is 325 g/mol. The van der Waals surface area contributed by atoms with Gasteiger partial charge in [-0.3, -0.25) is 10.1 Å². The first-order valence-electron chi connectivity index (χ1n) is 6.63. The molecule has 1 amide bonds. The SMILES string of the molecule is CCOC(=O)Nc1cc2c(cc1Cl)-c1ccc(Cl)cc1C2=O. The van der Waals surface area contributed by atoms with Crippen LogP contribution < -0.4 is 5.32 Å². The van der Waals surface area contributed by atoms with Crippen molar-refractivity contribution in [2.24, 2.45) is 0 Å².